The molecule has 7 nitrogen and oxygen atoms in total. The van der Waals surface area contributed by atoms with E-state index >= 15 is 0 Å². The third-order valence-corrected chi connectivity index (χ3v) is 7.48. The minimum Gasteiger partial charge on any atom is -0.351 e. The Balaban J connectivity index is 1.61. The highest BCUT2D eigenvalue weighted by Crippen LogP contribution is 2.20. The van der Waals surface area contributed by atoms with Crippen molar-refractivity contribution in [1.29, 1.82) is 0 Å². The van der Waals surface area contributed by atoms with Gasteiger partial charge in [-0.1, -0.05) is 49.4 Å². The van der Waals surface area contributed by atoms with Crippen LogP contribution in [0.25, 0.3) is 0 Å². The van der Waals surface area contributed by atoms with Gasteiger partial charge in [0.05, 0.1) is 16.8 Å². The van der Waals surface area contributed by atoms with Crippen molar-refractivity contribution < 1.29 is 17.6 Å². The van der Waals surface area contributed by atoms with E-state index in [0.717, 1.165) is 48.3 Å². The van der Waals surface area contributed by atoms with Gasteiger partial charge in [0.25, 0.3) is 5.56 Å². The smallest absolute Gasteiger partial charge is 0.270 e. The van der Waals surface area contributed by atoms with Gasteiger partial charge in [0.15, 0.2) is 10.1 Å². The molecule has 3 rings (SSSR count). The number of carbonyl (C=O) groups excluding carboxylic acids is 1. The lowest BCUT2D eigenvalue weighted by molar-refractivity contribution is -0.118. The number of nitrogens with zero attached hydrogens (tertiary/aromatic N) is 1. The van der Waals surface area contributed by atoms with Crippen LogP contribution >= 0.6 is 11.8 Å². The Bertz CT molecular complexity index is 1260. The Morgan fingerprint density at radius 2 is 1.76 bits per heavy atom. The van der Waals surface area contributed by atoms with E-state index < -0.39 is 20.3 Å². The van der Waals surface area contributed by atoms with Crippen molar-refractivity contribution in [3.8, 4) is 0 Å². The fraction of sp³-hybridized carbons (Fsp3) is 0.261. The summed E-state index contributed by atoms with van der Waals surface area (Å²) in [7, 11) is -4.02. The van der Waals surface area contributed by atoms with Crippen LogP contribution in [0.15, 0.2) is 74.5 Å². The SMILES string of the molecule is CCCCc1ccc(S(=O)(=O)c2cnc(SCC(=O)NCc3ccc(F)cc3)[nH]c2=O)cc1. The quantitative estimate of drug-likeness (QED) is 0.333. The number of H-pyrrole nitrogens is 1. The molecule has 1 aromatic heterocycles. The van der Waals surface area contributed by atoms with Gasteiger partial charge < -0.3 is 10.3 Å². The first kappa shape index (κ1) is 24.7. The summed E-state index contributed by atoms with van der Waals surface area (Å²) in [4.78, 5) is 30.4. The number of aromatic amines is 1. The molecule has 0 fully saturated rings. The zero-order valence-corrected chi connectivity index (χ0v) is 19.6. The minimum absolute atomic E-state index is 0.0237. The standard InChI is InChI=1S/C23H24FN3O4S2/c1-2-3-4-16-7-11-19(12-8-16)33(30,31)20-14-26-23(27-22(20)29)32-15-21(28)25-13-17-5-9-18(24)10-6-17/h5-12,14H,2-4,13,15H2,1H3,(H,25,28)(H,26,27,29). The van der Waals surface area contributed by atoms with Gasteiger partial charge in [-0.15, -0.1) is 0 Å². The van der Waals surface area contributed by atoms with Crippen molar-refractivity contribution in [3.05, 3.63) is 82.0 Å². The van der Waals surface area contributed by atoms with Gasteiger partial charge in [-0.2, -0.15) is 0 Å². The molecule has 0 aliphatic heterocycles. The highest BCUT2D eigenvalue weighted by atomic mass is 32.2. The van der Waals surface area contributed by atoms with E-state index in [0.29, 0.717) is 0 Å². The molecule has 1 amide bonds. The number of hydrogen-bond acceptors (Lipinski definition) is 6. The van der Waals surface area contributed by atoms with Gasteiger partial charge in [-0.05, 0) is 48.2 Å². The largest absolute Gasteiger partial charge is 0.351 e. The molecular formula is C23H24FN3O4S2. The Kier molecular flexibility index (Phi) is 8.40. The van der Waals surface area contributed by atoms with Crippen molar-refractivity contribution in [1.82, 2.24) is 15.3 Å². The van der Waals surface area contributed by atoms with Crippen LogP contribution in [0, 0.1) is 5.82 Å². The normalized spacial score (nSPS) is 11.3. The summed E-state index contributed by atoms with van der Waals surface area (Å²) in [6, 6.07) is 12.2. The third kappa shape index (κ3) is 6.75. The molecule has 2 aromatic carbocycles. The molecule has 2 N–H and O–H groups in total. The predicted molar refractivity (Wildman–Crippen MR) is 124 cm³/mol. The number of amides is 1. The Labute approximate surface area is 195 Å². The maximum Gasteiger partial charge on any atom is 0.270 e. The molecule has 3 aromatic rings. The lowest BCUT2D eigenvalue weighted by atomic mass is 10.1. The molecule has 174 valence electrons. The van der Waals surface area contributed by atoms with Crippen molar-refractivity contribution in [2.75, 3.05) is 5.75 Å². The van der Waals surface area contributed by atoms with Crippen LogP contribution in [0.1, 0.15) is 30.9 Å². The lowest BCUT2D eigenvalue weighted by Gasteiger charge is -2.07. The van der Waals surface area contributed by atoms with Crippen LogP contribution in [0.4, 0.5) is 4.39 Å². The second-order valence-corrected chi connectivity index (χ2v) is 10.2. The molecule has 33 heavy (non-hydrogen) atoms. The molecule has 0 unspecified atom stereocenters. The fourth-order valence-corrected chi connectivity index (χ4v) is 4.86. The van der Waals surface area contributed by atoms with Crippen molar-refractivity contribution in [2.24, 2.45) is 0 Å². The zero-order valence-electron chi connectivity index (χ0n) is 18.0. The molecule has 10 heteroatoms. The molecule has 0 aliphatic carbocycles. The first-order chi connectivity index (χ1) is 15.8. The number of unbranched alkanes of at least 4 members (excludes halogenated alkanes) is 1. The second-order valence-electron chi connectivity index (χ2n) is 7.32. The monoisotopic (exact) mass is 489 g/mol. The summed E-state index contributed by atoms with van der Waals surface area (Å²) in [5.41, 5.74) is 0.982. The molecule has 0 spiro atoms. The van der Waals surface area contributed by atoms with Crippen LogP contribution < -0.4 is 10.9 Å². The molecular weight excluding hydrogens is 465 g/mol. The highest BCUT2D eigenvalue weighted by molar-refractivity contribution is 7.99. The summed E-state index contributed by atoms with van der Waals surface area (Å²) < 4.78 is 38.6. The average Bonchev–Trinajstić information content (AvgIpc) is 2.81. The molecule has 0 radical (unpaired) electrons. The number of hydrogen-bond donors (Lipinski definition) is 2. The number of carbonyl (C=O) groups is 1. The molecule has 1 heterocycles. The van der Waals surface area contributed by atoms with Crippen molar-refractivity contribution in [3.63, 3.8) is 0 Å². The average molecular weight is 490 g/mol. The maximum absolute atomic E-state index is 12.9. The van der Waals surface area contributed by atoms with E-state index in [1.54, 1.807) is 24.3 Å². The maximum atomic E-state index is 12.9. The number of rotatable bonds is 10. The van der Waals surface area contributed by atoms with E-state index in [2.05, 4.69) is 22.2 Å². The molecule has 0 bridgehead atoms. The lowest BCUT2D eigenvalue weighted by Crippen LogP contribution is -2.25. The fourth-order valence-electron chi connectivity index (χ4n) is 2.96. The van der Waals surface area contributed by atoms with Crippen LogP contribution in [-0.4, -0.2) is 30.0 Å². The third-order valence-electron chi connectivity index (χ3n) is 4.83. The van der Waals surface area contributed by atoms with E-state index in [4.69, 9.17) is 0 Å². The number of aryl methyl sites for hydroxylation is 1. The van der Waals surface area contributed by atoms with Gasteiger partial charge in [0, 0.05) is 6.54 Å². The zero-order chi connectivity index (χ0) is 23.8. The number of benzene rings is 2. The highest BCUT2D eigenvalue weighted by Gasteiger charge is 2.22. The van der Waals surface area contributed by atoms with Crippen LogP contribution in [-0.2, 0) is 27.6 Å². The molecule has 0 saturated carbocycles. The van der Waals surface area contributed by atoms with Crippen LogP contribution in [0.2, 0.25) is 0 Å². The van der Waals surface area contributed by atoms with Gasteiger partial charge in [-0.3, -0.25) is 9.59 Å². The topological polar surface area (TPSA) is 109 Å². The van der Waals surface area contributed by atoms with Crippen molar-refractivity contribution >= 4 is 27.5 Å². The van der Waals surface area contributed by atoms with Crippen LogP contribution in [0.5, 0.6) is 0 Å². The first-order valence-corrected chi connectivity index (χ1v) is 12.8. The number of aromatic nitrogens is 2. The van der Waals surface area contributed by atoms with E-state index in [1.807, 2.05) is 0 Å². The van der Waals surface area contributed by atoms with E-state index in [9.17, 15) is 22.4 Å². The summed E-state index contributed by atoms with van der Waals surface area (Å²) in [6.45, 7) is 2.32. The Morgan fingerprint density at radius 1 is 1.09 bits per heavy atom. The second kappa shape index (κ2) is 11.2. The molecule has 0 saturated heterocycles. The molecule has 0 aliphatic rings. The van der Waals surface area contributed by atoms with Gasteiger partial charge >= 0.3 is 0 Å². The number of halogens is 1. The number of sulfone groups is 1. The van der Waals surface area contributed by atoms with Crippen molar-refractivity contribution in [2.45, 2.75) is 47.7 Å². The molecule has 0 atom stereocenters. The summed E-state index contributed by atoms with van der Waals surface area (Å²) in [6.07, 6.45) is 3.93. The Morgan fingerprint density at radius 3 is 2.39 bits per heavy atom. The Hall–Kier alpha value is -2.98. The summed E-state index contributed by atoms with van der Waals surface area (Å²) in [5, 5.41) is 2.81. The summed E-state index contributed by atoms with van der Waals surface area (Å²) >= 11 is 0.971. The van der Waals surface area contributed by atoms with Gasteiger partial charge in [0.1, 0.15) is 5.82 Å². The van der Waals surface area contributed by atoms with E-state index in [-0.39, 0.29) is 34.1 Å². The number of thioether (sulfide) groups is 1. The predicted octanol–water partition coefficient (Wildman–Crippen LogP) is 3.49. The number of nitrogens with one attached hydrogen (secondary N) is 2. The van der Waals surface area contributed by atoms with E-state index in [1.165, 1.54) is 24.3 Å². The first-order valence-electron chi connectivity index (χ1n) is 10.4. The van der Waals surface area contributed by atoms with Crippen LogP contribution in [0.3, 0.4) is 0 Å². The summed E-state index contributed by atoms with van der Waals surface area (Å²) in [5.74, 6) is -0.702. The van der Waals surface area contributed by atoms with Gasteiger partial charge in [0.2, 0.25) is 15.7 Å². The minimum atomic E-state index is -4.02. The van der Waals surface area contributed by atoms with Gasteiger partial charge in [-0.25, -0.2) is 17.8 Å².